The van der Waals surface area contributed by atoms with E-state index in [-0.39, 0.29) is 36.8 Å². The second kappa shape index (κ2) is 10.7. The molecule has 1 amide bonds. The van der Waals surface area contributed by atoms with Crippen LogP contribution >= 0.6 is 0 Å². The maximum atomic E-state index is 13.1. The van der Waals surface area contributed by atoms with Gasteiger partial charge < -0.3 is 14.4 Å². The van der Waals surface area contributed by atoms with E-state index in [1.807, 2.05) is 0 Å². The smallest absolute Gasteiger partial charge is 0.325 e. The largest absolute Gasteiger partial charge is 0.465 e. The monoisotopic (exact) mass is 426 g/mol. The fraction of sp³-hybridized carbons (Fsp3) is 0.600. The molecule has 0 aliphatic carbocycles. The number of carbonyl (C=O) groups excluding carboxylic acids is 2. The van der Waals surface area contributed by atoms with E-state index < -0.39 is 21.9 Å². The molecule has 8 nitrogen and oxygen atoms in total. The molecule has 0 bridgehead atoms. The predicted molar refractivity (Wildman–Crippen MR) is 108 cm³/mol. The van der Waals surface area contributed by atoms with Crippen LogP contribution in [0.15, 0.2) is 23.1 Å². The zero-order chi connectivity index (χ0) is 21.4. The third-order valence-electron chi connectivity index (χ3n) is 4.87. The Bertz CT molecular complexity index is 818. The highest BCUT2D eigenvalue weighted by atomic mass is 32.2. The summed E-state index contributed by atoms with van der Waals surface area (Å²) in [6.07, 6.45) is 2.69. The van der Waals surface area contributed by atoms with Crippen molar-refractivity contribution in [2.24, 2.45) is 0 Å². The van der Waals surface area contributed by atoms with E-state index >= 15 is 0 Å². The van der Waals surface area contributed by atoms with Crippen LogP contribution < -0.4 is 0 Å². The summed E-state index contributed by atoms with van der Waals surface area (Å²) in [7, 11) is -2.16. The molecule has 1 fully saturated rings. The van der Waals surface area contributed by atoms with Gasteiger partial charge in [0.1, 0.15) is 6.54 Å². The van der Waals surface area contributed by atoms with Crippen LogP contribution in [0.4, 0.5) is 0 Å². The van der Waals surface area contributed by atoms with Gasteiger partial charge in [-0.15, -0.1) is 0 Å². The van der Waals surface area contributed by atoms with E-state index in [1.165, 1.54) is 28.4 Å². The Hall–Kier alpha value is -1.97. The van der Waals surface area contributed by atoms with Gasteiger partial charge in [-0.1, -0.05) is 12.5 Å². The first-order valence-corrected chi connectivity index (χ1v) is 11.3. The lowest BCUT2D eigenvalue weighted by atomic mass is 10.1. The van der Waals surface area contributed by atoms with E-state index in [2.05, 4.69) is 0 Å². The number of rotatable bonds is 9. The normalized spacial score (nSPS) is 15.1. The summed E-state index contributed by atoms with van der Waals surface area (Å²) in [4.78, 5) is 26.4. The van der Waals surface area contributed by atoms with Crippen LogP contribution in [0.5, 0.6) is 0 Å². The number of aryl methyl sites for hydroxylation is 1. The molecular formula is C20H30N2O6S. The van der Waals surface area contributed by atoms with Crippen molar-refractivity contribution in [3.63, 3.8) is 0 Å². The Morgan fingerprint density at radius 2 is 1.86 bits per heavy atom. The van der Waals surface area contributed by atoms with Crippen molar-refractivity contribution in [2.45, 2.75) is 38.0 Å². The van der Waals surface area contributed by atoms with Crippen molar-refractivity contribution in [3.8, 4) is 0 Å². The lowest BCUT2D eigenvalue weighted by molar-refractivity contribution is -0.143. The lowest BCUT2D eigenvalue weighted by Gasteiger charge is -2.26. The number of hydrogen-bond donors (Lipinski definition) is 0. The van der Waals surface area contributed by atoms with E-state index in [4.69, 9.17) is 9.47 Å². The molecule has 162 valence electrons. The van der Waals surface area contributed by atoms with Crippen molar-refractivity contribution in [1.29, 1.82) is 0 Å². The molecule has 1 saturated heterocycles. The number of sulfonamides is 1. The molecule has 1 aliphatic rings. The first kappa shape index (κ1) is 23.3. The summed E-state index contributed by atoms with van der Waals surface area (Å²) in [5.41, 5.74) is 0.891. The van der Waals surface area contributed by atoms with E-state index in [0.29, 0.717) is 18.7 Å². The molecule has 0 saturated carbocycles. The Labute approximate surface area is 172 Å². The highest BCUT2D eigenvalue weighted by molar-refractivity contribution is 7.89. The Morgan fingerprint density at radius 3 is 2.48 bits per heavy atom. The van der Waals surface area contributed by atoms with Crippen LogP contribution in [0.3, 0.4) is 0 Å². The van der Waals surface area contributed by atoms with Gasteiger partial charge in [0, 0.05) is 32.3 Å². The van der Waals surface area contributed by atoms with Crippen molar-refractivity contribution >= 4 is 21.9 Å². The van der Waals surface area contributed by atoms with Crippen molar-refractivity contribution in [1.82, 2.24) is 9.21 Å². The van der Waals surface area contributed by atoms with Gasteiger partial charge in [-0.25, -0.2) is 8.42 Å². The summed E-state index contributed by atoms with van der Waals surface area (Å²) in [5.74, 6) is -0.949. The Kier molecular flexibility index (Phi) is 8.60. The van der Waals surface area contributed by atoms with Gasteiger partial charge in [-0.05, 0) is 44.4 Å². The molecule has 1 heterocycles. The third kappa shape index (κ3) is 6.01. The van der Waals surface area contributed by atoms with Gasteiger partial charge in [-0.3, -0.25) is 9.59 Å². The fourth-order valence-electron chi connectivity index (χ4n) is 3.23. The topological polar surface area (TPSA) is 93.2 Å². The van der Waals surface area contributed by atoms with Crippen LogP contribution in [-0.2, 0) is 24.3 Å². The second-order valence-electron chi connectivity index (χ2n) is 6.97. The molecule has 1 aliphatic heterocycles. The van der Waals surface area contributed by atoms with Crippen LogP contribution in [0.2, 0.25) is 0 Å². The molecule has 0 radical (unpaired) electrons. The first-order chi connectivity index (χ1) is 13.8. The lowest BCUT2D eigenvalue weighted by Crippen LogP contribution is -2.39. The molecule has 0 aromatic heterocycles. The predicted octanol–water partition coefficient (Wildman–Crippen LogP) is 1.82. The number of nitrogens with zero attached hydrogens (tertiary/aromatic N) is 2. The molecule has 0 unspecified atom stereocenters. The summed E-state index contributed by atoms with van der Waals surface area (Å²) in [6, 6.07) is 4.57. The third-order valence-corrected chi connectivity index (χ3v) is 6.76. The van der Waals surface area contributed by atoms with Gasteiger partial charge in [0.15, 0.2) is 0 Å². The van der Waals surface area contributed by atoms with E-state index in [1.54, 1.807) is 19.9 Å². The number of amides is 1. The fourth-order valence-corrected chi connectivity index (χ4v) is 4.78. The summed E-state index contributed by atoms with van der Waals surface area (Å²) >= 11 is 0. The SMILES string of the molecule is CCOC(=O)CN(CCOC)C(=O)c1cc(S(=O)(=O)N2CCCCC2)ccc1C. The van der Waals surface area contributed by atoms with E-state index in [0.717, 1.165) is 19.3 Å². The molecular weight excluding hydrogens is 396 g/mol. The Balaban J connectivity index is 2.32. The number of esters is 1. The summed E-state index contributed by atoms with van der Waals surface area (Å²) < 4.78 is 37.4. The minimum atomic E-state index is -3.66. The van der Waals surface area contributed by atoms with Gasteiger partial charge in [-0.2, -0.15) is 4.31 Å². The van der Waals surface area contributed by atoms with Crippen molar-refractivity contribution in [2.75, 3.05) is 46.5 Å². The molecule has 0 N–H and O–H groups in total. The number of benzene rings is 1. The minimum absolute atomic E-state index is 0.0937. The molecule has 2 rings (SSSR count). The van der Waals surface area contributed by atoms with Crippen molar-refractivity contribution < 1.29 is 27.5 Å². The summed E-state index contributed by atoms with van der Waals surface area (Å²) in [5, 5.41) is 0. The zero-order valence-corrected chi connectivity index (χ0v) is 18.2. The molecule has 9 heteroatoms. The molecule has 0 spiro atoms. The minimum Gasteiger partial charge on any atom is -0.465 e. The van der Waals surface area contributed by atoms with Crippen LogP contribution in [0.1, 0.15) is 42.1 Å². The maximum absolute atomic E-state index is 13.1. The van der Waals surface area contributed by atoms with Gasteiger partial charge in [0.2, 0.25) is 10.0 Å². The van der Waals surface area contributed by atoms with E-state index in [9.17, 15) is 18.0 Å². The number of piperidine rings is 1. The first-order valence-electron chi connectivity index (χ1n) is 9.86. The molecule has 1 aromatic rings. The van der Waals surface area contributed by atoms with Crippen LogP contribution in [-0.4, -0.2) is 76.0 Å². The van der Waals surface area contributed by atoms with Crippen molar-refractivity contribution in [3.05, 3.63) is 29.3 Å². The average Bonchev–Trinajstić information content (AvgIpc) is 2.71. The molecule has 1 aromatic carbocycles. The number of methoxy groups -OCH3 is 1. The highest BCUT2D eigenvalue weighted by Gasteiger charge is 2.28. The molecule has 29 heavy (non-hydrogen) atoms. The van der Waals surface area contributed by atoms with Gasteiger partial charge in [0.25, 0.3) is 5.91 Å². The quantitative estimate of drug-likeness (QED) is 0.559. The number of carbonyl (C=O) groups is 2. The number of ether oxygens (including phenoxy) is 2. The second-order valence-corrected chi connectivity index (χ2v) is 8.90. The van der Waals surface area contributed by atoms with Gasteiger partial charge >= 0.3 is 5.97 Å². The van der Waals surface area contributed by atoms with Crippen LogP contribution in [0, 0.1) is 6.92 Å². The zero-order valence-electron chi connectivity index (χ0n) is 17.3. The average molecular weight is 427 g/mol. The summed E-state index contributed by atoms with van der Waals surface area (Å²) in [6.45, 7) is 4.84. The van der Waals surface area contributed by atoms with Crippen LogP contribution in [0.25, 0.3) is 0 Å². The maximum Gasteiger partial charge on any atom is 0.325 e. The number of hydrogen-bond acceptors (Lipinski definition) is 6. The van der Waals surface area contributed by atoms with Gasteiger partial charge in [0.05, 0.1) is 18.1 Å². The standard InChI is InChI=1S/C20H30N2O6S/c1-4-28-19(23)15-21(12-13-27-3)20(24)18-14-17(9-8-16(18)2)29(25,26)22-10-6-5-7-11-22/h8-9,14H,4-7,10-13,15H2,1-3H3. The highest BCUT2D eigenvalue weighted by Crippen LogP contribution is 2.23. The Morgan fingerprint density at radius 1 is 1.17 bits per heavy atom. The molecule has 0 atom stereocenters.